The molecule has 2 rings (SSSR count). The molecule has 0 spiro atoms. The first-order chi connectivity index (χ1) is 8.73. The van der Waals surface area contributed by atoms with E-state index >= 15 is 0 Å². The molecule has 0 aliphatic carbocycles. The highest BCUT2D eigenvalue weighted by Crippen LogP contribution is 2.42. The molecule has 0 aromatic heterocycles. The van der Waals surface area contributed by atoms with Crippen LogP contribution in [0, 0.1) is 0 Å². The maximum Gasteiger partial charge on any atom is 0.586 e. The third-order valence-electron chi connectivity index (χ3n) is 2.91. The predicted molar refractivity (Wildman–Crippen MR) is 64.2 cm³/mol. The zero-order chi connectivity index (χ0) is 14.3. The van der Waals surface area contributed by atoms with Gasteiger partial charge in [-0.3, -0.25) is 4.79 Å². The summed E-state index contributed by atoms with van der Waals surface area (Å²) in [6.45, 7) is 3.36. The minimum atomic E-state index is -3.67. The molecule has 5 nitrogen and oxygen atoms in total. The monoisotopic (exact) mass is 272 g/mol. The molecule has 1 heterocycles. The van der Waals surface area contributed by atoms with Gasteiger partial charge in [0.2, 0.25) is 5.91 Å². The minimum Gasteiger partial charge on any atom is -0.395 e. The van der Waals surface area contributed by atoms with Crippen molar-refractivity contribution in [3.63, 3.8) is 0 Å². The number of fused-ring (bicyclic) bond motifs is 1. The van der Waals surface area contributed by atoms with Gasteiger partial charge in [0, 0.05) is 11.8 Å². The number of benzene rings is 1. The van der Waals surface area contributed by atoms with Gasteiger partial charge in [-0.1, -0.05) is 6.92 Å². The van der Waals surface area contributed by atoms with Crippen LogP contribution in [0.25, 0.3) is 0 Å². The van der Waals surface area contributed by atoms with Crippen molar-refractivity contribution in [2.75, 3.05) is 5.32 Å². The molecule has 0 saturated heterocycles. The van der Waals surface area contributed by atoms with Crippen molar-refractivity contribution in [2.45, 2.75) is 32.1 Å². The van der Waals surface area contributed by atoms with Gasteiger partial charge in [-0.25, -0.2) is 0 Å². The van der Waals surface area contributed by atoms with Crippen molar-refractivity contribution in [1.29, 1.82) is 0 Å². The van der Waals surface area contributed by atoms with Crippen LogP contribution in [0.5, 0.6) is 11.5 Å². The molecule has 1 atom stereocenters. The highest BCUT2D eigenvalue weighted by molar-refractivity contribution is 5.97. The average Bonchev–Trinajstić information content (AvgIpc) is 2.62. The molecule has 19 heavy (non-hydrogen) atoms. The van der Waals surface area contributed by atoms with Crippen molar-refractivity contribution < 1.29 is 23.0 Å². The van der Waals surface area contributed by atoms with E-state index < -0.39 is 17.7 Å². The van der Waals surface area contributed by atoms with Crippen LogP contribution in [0.15, 0.2) is 18.2 Å². The summed E-state index contributed by atoms with van der Waals surface area (Å²) < 4.78 is 34.2. The van der Waals surface area contributed by atoms with Gasteiger partial charge in [0.15, 0.2) is 11.5 Å². The lowest BCUT2D eigenvalue weighted by atomic mass is 9.99. The number of halogens is 2. The Hall–Kier alpha value is -1.89. The average molecular weight is 272 g/mol. The van der Waals surface area contributed by atoms with Crippen LogP contribution in [-0.4, -0.2) is 17.7 Å². The summed E-state index contributed by atoms with van der Waals surface area (Å²) in [6.07, 6.45) is -3.22. The molecule has 0 radical (unpaired) electrons. The van der Waals surface area contributed by atoms with Gasteiger partial charge in [-0.05, 0) is 25.5 Å². The standard InChI is InChI=1S/C12H14F2N2O3/c1-3-11(2,15)10(17)16-7-4-5-8-9(6-7)19-12(13,14)18-8/h4-6H,3,15H2,1-2H3,(H,16,17). The maximum atomic E-state index is 12.8. The molecule has 1 aliphatic rings. The Labute approximate surface area is 108 Å². The third-order valence-corrected chi connectivity index (χ3v) is 2.91. The summed E-state index contributed by atoms with van der Waals surface area (Å²) in [7, 11) is 0. The van der Waals surface area contributed by atoms with Crippen LogP contribution in [-0.2, 0) is 4.79 Å². The maximum absolute atomic E-state index is 12.8. The second-order valence-corrected chi connectivity index (χ2v) is 4.55. The van der Waals surface area contributed by atoms with Crippen molar-refractivity contribution >= 4 is 11.6 Å². The Morgan fingerprint density at radius 2 is 2.05 bits per heavy atom. The third kappa shape index (κ3) is 2.76. The second-order valence-electron chi connectivity index (χ2n) is 4.55. The van der Waals surface area contributed by atoms with E-state index in [1.807, 2.05) is 0 Å². The van der Waals surface area contributed by atoms with E-state index in [1.54, 1.807) is 13.8 Å². The highest BCUT2D eigenvalue weighted by Gasteiger charge is 2.43. The van der Waals surface area contributed by atoms with Crippen molar-refractivity contribution in [2.24, 2.45) is 5.73 Å². The normalized spacial score (nSPS) is 18.8. The molecular weight excluding hydrogens is 258 g/mol. The number of carbonyl (C=O) groups excluding carboxylic acids is 1. The zero-order valence-corrected chi connectivity index (χ0v) is 10.5. The molecule has 0 saturated carbocycles. The zero-order valence-electron chi connectivity index (χ0n) is 10.5. The molecule has 3 N–H and O–H groups in total. The van der Waals surface area contributed by atoms with Crippen LogP contribution in [0.1, 0.15) is 20.3 Å². The molecule has 1 aromatic carbocycles. The lowest BCUT2D eigenvalue weighted by Gasteiger charge is -2.21. The molecule has 0 fully saturated rings. The first kappa shape index (κ1) is 13.5. The lowest BCUT2D eigenvalue weighted by Crippen LogP contribution is -2.47. The van der Waals surface area contributed by atoms with E-state index in [9.17, 15) is 13.6 Å². The van der Waals surface area contributed by atoms with Crippen LogP contribution >= 0.6 is 0 Å². The number of nitrogens with one attached hydrogen (secondary N) is 1. The van der Waals surface area contributed by atoms with Gasteiger partial charge < -0.3 is 20.5 Å². The number of ether oxygens (including phenoxy) is 2. The van der Waals surface area contributed by atoms with Gasteiger partial charge in [0.25, 0.3) is 0 Å². The summed E-state index contributed by atoms with van der Waals surface area (Å²) in [5.74, 6) is -0.604. The van der Waals surface area contributed by atoms with Crippen molar-refractivity contribution in [1.82, 2.24) is 0 Å². The van der Waals surface area contributed by atoms with E-state index in [2.05, 4.69) is 14.8 Å². The van der Waals surface area contributed by atoms with E-state index in [1.165, 1.54) is 18.2 Å². The fraction of sp³-hybridized carbons (Fsp3) is 0.417. The first-order valence-corrected chi connectivity index (χ1v) is 5.74. The van der Waals surface area contributed by atoms with Crippen LogP contribution in [0.4, 0.5) is 14.5 Å². The van der Waals surface area contributed by atoms with Crippen LogP contribution in [0.2, 0.25) is 0 Å². The van der Waals surface area contributed by atoms with Gasteiger partial charge in [0.05, 0.1) is 5.54 Å². The summed E-state index contributed by atoms with van der Waals surface area (Å²) in [5, 5.41) is 2.55. The Balaban J connectivity index is 2.15. The fourth-order valence-corrected chi connectivity index (χ4v) is 1.46. The van der Waals surface area contributed by atoms with Gasteiger partial charge in [-0.2, -0.15) is 0 Å². The Kier molecular flexibility index (Phi) is 3.09. The molecule has 104 valence electrons. The van der Waals surface area contributed by atoms with Gasteiger partial charge in [-0.15, -0.1) is 8.78 Å². The molecule has 1 unspecified atom stereocenters. The molecule has 1 amide bonds. The van der Waals surface area contributed by atoms with E-state index in [0.717, 1.165) is 0 Å². The fourth-order valence-electron chi connectivity index (χ4n) is 1.46. The number of rotatable bonds is 3. The number of hydrogen-bond acceptors (Lipinski definition) is 4. The summed E-state index contributed by atoms with van der Waals surface area (Å²) in [5.41, 5.74) is 5.06. The van der Waals surface area contributed by atoms with Crippen molar-refractivity contribution in [3.05, 3.63) is 18.2 Å². The predicted octanol–water partition coefficient (Wildman–Crippen LogP) is 2.07. The van der Waals surface area contributed by atoms with Gasteiger partial charge in [0.1, 0.15) is 0 Å². The number of nitrogens with two attached hydrogens (primary N) is 1. The number of hydrogen-bond donors (Lipinski definition) is 2. The molecule has 1 aliphatic heterocycles. The highest BCUT2D eigenvalue weighted by atomic mass is 19.3. The summed E-state index contributed by atoms with van der Waals surface area (Å²) >= 11 is 0. The van der Waals surface area contributed by atoms with E-state index in [0.29, 0.717) is 12.1 Å². The smallest absolute Gasteiger partial charge is 0.395 e. The topological polar surface area (TPSA) is 73.6 Å². The number of alkyl halides is 2. The lowest BCUT2D eigenvalue weighted by molar-refractivity contribution is -0.286. The van der Waals surface area contributed by atoms with E-state index in [-0.39, 0.29) is 11.5 Å². The Bertz CT molecular complexity index is 518. The minimum absolute atomic E-state index is 0.0750. The largest absolute Gasteiger partial charge is 0.586 e. The number of amides is 1. The van der Waals surface area contributed by atoms with Crippen molar-refractivity contribution in [3.8, 4) is 11.5 Å². The second kappa shape index (κ2) is 4.34. The summed E-state index contributed by atoms with van der Waals surface area (Å²) in [4.78, 5) is 11.8. The van der Waals surface area contributed by atoms with E-state index in [4.69, 9.17) is 5.73 Å². The Morgan fingerprint density at radius 1 is 1.42 bits per heavy atom. The van der Waals surface area contributed by atoms with Crippen LogP contribution in [0.3, 0.4) is 0 Å². The molecule has 1 aromatic rings. The summed E-state index contributed by atoms with van der Waals surface area (Å²) in [6, 6.07) is 4.00. The number of anilines is 1. The molecular formula is C12H14F2N2O3. The molecule has 0 bridgehead atoms. The quantitative estimate of drug-likeness (QED) is 0.883. The molecule has 7 heteroatoms. The first-order valence-electron chi connectivity index (χ1n) is 5.74. The Morgan fingerprint density at radius 3 is 2.68 bits per heavy atom. The SMILES string of the molecule is CCC(C)(N)C(=O)Nc1ccc2c(c1)OC(F)(F)O2. The van der Waals surface area contributed by atoms with Crippen LogP contribution < -0.4 is 20.5 Å². The number of carbonyl (C=O) groups is 1. The van der Waals surface area contributed by atoms with Gasteiger partial charge >= 0.3 is 6.29 Å².